The molecular weight excluding hydrogens is 288 g/mol. The van der Waals surface area contributed by atoms with Crippen molar-refractivity contribution in [3.8, 4) is 0 Å². The van der Waals surface area contributed by atoms with Crippen molar-refractivity contribution < 1.29 is 17.2 Å². The van der Waals surface area contributed by atoms with E-state index in [1.165, 1.54) is 32.1 Å². The highest BCUT2D eigenvalue weighted by Crippen LogP contribution is 2.15. The lowest BCUT2D eigenvalue weighted by Gasteiger charge is -2.11. The molecule has 0 amide bonds. The van der Waals surface area contributed by atoms with Crippen molar-refractivity contribution >= 4 is 10.4 Å². The fourth-order valence-electron chi connectivity index (χ4n) is 2.21. The SMILES string of the molecule is CCCC/C=C/C(CCCCCCCC)COS(=O)(=O)O. The van der Waals surface area contributed by atoms with Gasteiger partial charge in [-0.2, -0.15) is 8.42 Å². The summed E-state index contributed by atoms with van der Waals surface area (Å²) in [5.74, 6) is 0.0648. The molecule has 0 fully saturated rings. The number of unbranched alkanes of at least 4 members (excludes halogenated alkanes) is 7. The smallest absolute Gasteiger partial charge is 0.264 e. The first-order valence-corrected chi connectivity index (χ1v) is 9.64. The zero-order valence-electron chi connectivity index (χ0n) is 13.6. The molecule has 21 heavy (non-hydrogen) atoms. The molecular formula is C16H32O4S. The summed E-state index contributed by atoms with van der Waals surface area (Å²) in [6.07, 6.45) is 15.6. The molecule has 0 heterocycles. The lowest BCUT2D eigenvalue weighted by atomic mass is 10.00. The first kappa shape index (κ1) is 20.6. The molecule has 4 nitrogen and oxygen atoms in total. The summed E-state index contributed by atoms with van der Waals surface area (Å²) in [7, 11) is -4.33. The monoisotopic (exact) mass is 320 g/mol. The predicted molar refractivity (Wildman–Crippen MR) is 87.6 cm³/mol. The van der Waals surface area contributed by atoms with Crippen LogP contribution in [0.4, 0.5) is 0 Å². The van der Waals surface area contributed by atoms with Crippen LogP contribution < -0.4 is 0 Å². The van der Waals surface area contributed by atoms with E-state index in [-0.39, 0.29) is 12.5 Å². The van der Waals surface area contributed by atoms with Crippen molar-refractivity contribution in [3.05, 3.63) is 12.2 Å². The molecule has 0 aliphatic heterocycles. The van der Waals surface area contributed by atoms with E-state index >= 15 is 0 Å². The minimum absolute atomic E-state index is 0.0381. The van der Waals surface area contributed by atoms with E-state index < -0.39 is 10.4 Å². The summed E-state index contributed by atoms with van der Waals surface area (Å²) in [6.45, 7) is 4.38. The van der Waals surface area contributed by atoms with Crippen molar-refractivity contribution in [2.24, 2.45) is 5.92 Å². The third-order valence-corrected chi connectivity index (χ3v) is 3.93. The standard InChI is InChI=1S/C16H32O4S/c1-3-5-7-9-10-12-14-16(13-11-8-6-4-2)15-20-21(17,18)19/h11,13,16H,3-10,12,14-15H2,1-2H3,(H,17,18,19)/b13-11+. The second-order valence-electron chi connectivity index (χ2n) is 5.60. The van der Waals surface area contributed by atoms with Gasteiger partial charge in [-0.15, -0.1) is 0 Å². The van der Waals surface area contributed by atoms with Gasteiger partial charge >= 0.3 is 10.4 Å². The lowest BCUT2D eigenvalue weighted by molar-refractivity contribution is 0.234. The maximum absolute atomic E-state index is 10.7. The number of allylic oxidation sites excluding steroid dienone is 1. The average molecular weight is 320 g/mol. The van der Waals surface area contributed by atoms with Crippen LogP contribution >= 0.6 is 0 Å². The summed E-state index contributed by atoms with van der Waals surface area (Å²) in [5, 5.41) is 0. The molecule has 0 aliphatic carbocycles. The third kappa shape index (κ3) is 15.8. The van der Waals surface area contributed by atoms with Crippen LogP contribution in [0.3, 0.4) is 0 Å². The fraction of sp³-hybridized carbons (Fsp3) is 0.875. The maximum Gasteiger partial charge on any atom is 0.397 e. The van der Waals surface area contributed by atoms with Crippen LogP contribution in [0.1, 0.15) is 78.1 Å². The second-order valence-corrected chi connectivity index (χ2v) is 6.69. The lowest BCUT2D eigenvalue weighted by Crippen LogP contribution is -2.12. The Bertz CT molecular complexity index is 349. The Kier molecular flexibility index (Phi) is 13.0. The van der Waals surface area contributed by atoms with E-state index in [9.17, 15) is 8.42 Å². The van der Waals surface area contributed by atoms with E-state index in [4.69, 9.17) is 4.55 Å². The van der Waals surface area contributed by atoms with Crippen LogP contribution in [0.5, 0.6) is 0 Å². The molecule has 0 aromatic heterocycles. The van der Waals surface area contributed by atoms with Gasteiger partial charge in [0.25, 0.3) is 0 Å². The molecule has 0 spiro atoms. The summed E-state index contributed by atoms with van der Waals surface area (Å²) in [6, 6.07) is 0. The van der Waals surface area contributed by atoms with Crippen LogP contribution in [0.15, 0.2) is 12.2 Å². The third-order valence-electron chi connectivity index (χ3n) is 3.49. The molecule has 5 heteroatoms. The highest BCUT2D eigenvalue weighted by atomic mass is 32.3. The van der Waals surface area contributed by atoms with Gasteiger partial charge in [0, 0.05) is 5.92 Å². The number of rotatable bonds is 14. The van der Waals surface area contributed by atoms with Crippen molar-refractivity contribution in [2.75, 3.05) is 6.61 Å². The molecule has 0 aromatic rings. The number of hydrogen-bond donors (Lipinski definition) is 1. The Balaban J connectivity index is 4.03. The highest BCUT2D eigenvalue weighted by molar-refractivity contribution is 7.80. The Morgan fingerprint density at radius 3 is 2.24 bits per heavy atom. The Morgan fingerprint density at radius 1 is 1.00 bits per heavy atom. The molecule has 1 unspecified atom stereocenters. The predicted octanol–water partition coefficient (Wildman–Crippen LogP) is 4.92. The highest BCUT2D eigenvalue weighted by Gasteiger charge is 2.11. The van der Waals surface area contributed by atoms with Crippen molar-refractivity contribution in [1.29, 1.82) is 0 Å². The van der Waals surface area contributed by atoms with Gasteiger partial charge in [0.05, 0.1) is 6.61 Å². The summed E-state index contributed by atoms with van der Waals surface area (Å²) < 4.78 is 34.5. The van der Waals surface area contributed by atoms with Crippen LogP contribution in [-0.4, -0.2) is 19.6 Å². The molecule has 0 saturated heterocycles. The zero-order valence-corrected chi connectivity index (χ0v) is 14.4. The van der Waals surface area contributed by atoms with Gasteiger partial charge in [-0.1, -0.05) is 77.4 Å². The Hall–Kier alpha value is -0.390. The maximum atomic E-state index is 10.7. The largest absolute Gasteiger partial charge is 0.397 e. The Labute approximate surface area is 130 Å². The van der Waals surface area contributed by atoms with E-state index in [0.717, 1.165) is 32.1 Å². The fourth-order valence-corrected chi connectivity index (χ4v) is 2.55. The molecule has 1 atom stereocenters. The summed E-state index contributed by atoms with van der Waals surface area (Å²) in [4.78, 5) is 0. The molecule has 0 aromatic carbocycles. The van der Waals surface area contributed by atoms with E-state index in [1.807, 2.05) is 6.08 Å². The summed E-state index contributed by atoms with van der Waals surface area (Å²) in [5.41, 5.74) is 0. The molecule has 0 rings (SSSR count). The molecule has 1 N–H and O–H groups in total. The second kappa shape index (κ2) is 13.3. The minimum Gasteiger partial charge on any atom is -0.264 e. The van der Waals surface area contributed by atoms with Gasteiger partial charge in [-0.05, 0) is 12.8 Å². The Morgan fingerprint density at radius 2 is 1.62 bits per heavy atom. The van der Waals surface area contributed by atoms with E-state index in [0.29, 0.717) is 0 Å². The van der Waals surface area contributed by atoms with Crippen molar-refractivity contribution in [1.82, 2.24) is 0 Å². The molecule has 0 bridgehead atoms. The van der Waals surface area contributed by atoms with Crippen molar-refractivity contribution in [2.45, 2.75) is 78.1 Å². The normalized spacial score (nSPS) is 13.9. The van der Waals surface area contributed by atoms with Gasteiger partial charge in [0.1, 0.15) is 0 Å². The molecule has 126 valence electrons. The quantitative estimate of drug-likeness (QED) is 0.280. The van der Waals surface area contributed by atoms with Gasteiger partial charge in [0.15, 0.2) is 0 Å². The van der Waals surface area contributed by atoms with Gasteiger partial charge in [0.2, 0.25) is 0 Å². The summed E-state index contributed by atoms with van der Waals surface area (Å²) >= 11 is 0. The first-order valence-electron chi connectivity index (χ1n) is 8.28. The van der Waals surface area contributed by atoms with Gasteiger partial charge in [-0.25, -0.2) is 4.18 Å². The molecule has 0 aliphatic rings. The van der Waals surface area contributed by atoms with E-state index in [1.54, 1.807) is 0 Å². The van der Waals surface area contributed by atoms with Crippen LogP contribution in [0.2, 0.25) is 0 Å². The molecule has 0 radical (unpaired) electrons. The van der Waals surface area contributed by atoms with Crippen molar-refractivity contribution in [3.63, 3.8) is 0 Å². The van der Waals surface area contributed by atoms with Crippen LogP contribution in [0.25, 0.3) is 0 Å². The molecule has 0 saturated carbocycles. The zero-order chi connectivity index (χ0) is 16.0. The average Bonchev–Trinajstić information content (AvgIpc) is 2.42. The topological polar surface area (TPSA) is 63.6 Å². The van der Waals surface area contributed by atoms with Crippen LogP contribution in [-0.2, 0) is 14.6 Å². The van der Waals surface area contributed by atoms with Crippen LogP contribution in [0, 0.1) is 5.92 Å². The number of hydrogen-bond acceptors (Lipinski definition) is 3. The minimum atomic E-state index is -4.33. The van der Waals surface area contributed by atoms with E-state index in [2.05, 4.69) is 24.1 Å². The van der Waals surface area contributed by atoms with Gasteiger partial charge in [-0.3, -0.25) is 4.55 Å². The van der Waals surface area contributed by atoms with Gasteiger partial charge < -0.3 is 0 Å². The first-order chi connectivity index (χ1) is 9.99.